The number of nitrogens with zero attached hydrogens (tertiary/aromatic N) is 1. The molecule has 92 valence electrons. The fourth-order valence-electron chi connectivity index (χ4n) is 1.61. The summed E-state index contributed by atoms with van der Waals surface area (Å²) in [6.07, 6.45) is 4.59. The lowest BCUT2D eigenvalue weighted by Crippen LogP contribution is -2.36. The Balaban J connectivity index is 0.00000106. The smallest absolute Gasteiger partial charge is 0.250 e. The van der Waals surface area contributed by atoms with Gasteiger partial charge in [0.25, 0.3) is 5.91 Å². The molecule has 0 aromatic heterocycles. The Bertz CT molecular complexity index is 259. The first kappa shape index (κ1) is 14.9. The quantitative estimate of drug-likeness (QED) is 0.587. The number of rotatable bonds is 3. The number of likely N-dealkylation sites (tertiary alicyclic amines) is 1. The highest BCUT2D eigenvalue weighted by molar-refractivity contribution is 5.95. The van der Waals surface area contributed by atoms with Crippen LogP contribution in [0, 0.1) is 0 Å². The van der Waals surface area contributed by atoms with Crippen LogP contribution in [0.5, 0.6) is 0 Å². The maximum atomic E-state index is 11.5. The van der Waals surface area contributed by atoms with Crippen LogP contribution < -0.4 is 5.32 Å². The minimum atomic E-state index is -0.0524. The summed E-state index contributed by atoms with van der Waals surface area (Å²) in [5, 5.41) is 2.96. The van der Waals surface area contributed by atoms with Gasteiger partial charge in [0.2, 0.25) is 0 Å². The number of likely N-dealkylation sites (N-methyl/N-ethyl adjacent to an activating group) is 1. The summed E-state index contributed by atoms with van der Waals surface area (Å²) in [6.45, 7) is 11.6. The molecule has 16 heavy (non-hydrogen) atoms. The number of carbonyl (C=O) groups excluding carboxylic acids is 1. The Hall–Kier alpha value is -1.09. The monoisotopic (exact) mass is 224 g/mol. The van der Waals surface area contributed by atoms with Crippen LogP contribution in [0.15, 0.2) is 24.3 Å². The number of nitrogens with one attached hydrogen (secondary N) is 1. The molecule has 0 bridgehead atoms. The highest BCUT2D eigenvalue weighted by atomic mass is 16.1. The van der Waals surface area contributed by atoms with Gasteiger partial charge in [-0.15, -0.1) is 0 Å². The van der Waals surface area contributed by atoms with Gasteiger partial charge in [0.05, 0.1) is 0 Å². The Morgan fingerprint density at radius 2 is 2.12 bits per heavy atom. The standard InChI is InChI=1S/C11H18N2O.C2H6/c1-4-5-9(2)11(14)12-10-6-7-13(3)8-10;1-2/h4-5,10H,2,6-8H2,1,3H3,(H,12,14);1-2H3/b5-4-;. The Morgan fingerprint density at radius 1 is 1.50 bits per heavy atom. The van der Waals surface area contributed by atoms with Gasteiger partial charge in [-0.05, 0) is 26.9 Å². The molecule has 1 aliphatic rings. The number of amides is 1. The van der Waals surface area contributed by atoms with Crippen molar-refractivity contribution < 1.29 is 4.79 Å². The highest BCUT2D eigenvalue weighted by Gasteiger charge is 2.21. The fourth-order valence-corrected chi connectivity index (χ4v) is 1.61. The molecule has 1 atom stereocenters. The fraction of sp³-hybridized carbons (Fsp3) is 0.615. The van der Waals surface area contributed by atoms with Crippen LogP contribution >= 0.6 is 0 Å². The third-order valence-electron chi connectivity index (χ3n) is 2.39. The molecule has 0 aliphatic carbocycles. The first-order valence-corrected chi connectivity index (χ1v) is 5.94. The van der Waals surface area contributed by atoms with E-state index in [2.05, 4.69) is 23.8 Å². The molecule has 0 spiro atoms. The molecular weight excluding hydrogens is 200 g/mol. The van der Waals surface area contributed by atoms with Crippen molar-refractivity contribution in [3.05, 3.63) is 24.3 Å². The average Bonchev–Trinajstić information content (AvgIpc) is 2.67. The number of allylic oxidation sites excluding steroid dienone is 1. The molecule has 0 aromatic carbocycles. The lowest BCUT2D eigenvalue weighted by molar-refractivity contribution is -0.117. The van der Waals surface area contributed by atoms with Gasteiger partial charge >= 0.3 is 0 Å². The van der Waals surface area contributed by atoms with Gasteiger partial charge in [0.15, 0.2) is 0 Å². The molecule has 1 rings (SSSR count). The molecule has 1 heterocycles. The lowest BCUT2D eigenvalue weighted by atomic mass is 10.2. The van der Waals surface area contributed by atoms with E-state index in [1.54, 1.807) is 6.08 Å². The molecule has 1 amide bonds. The maximum Gasteiger partial charge on any atom is 0.250 e. The highest BCUT2D eigenvalue weighted by Crippen LogP contribution is 2.06. The number of hydrogen-bond acceptors (Lipinski definition) is 2. The first-order chi connectivity index (χ1) is 7.63. The SMILES string of the molecule is C=C(/C=C\C)C(=O)NC1CCN(C)C1.CC. The van der Waals surface area contributed by atoms with Crippen LogP contribution in [-0.4, -0.2) is 37.0 Å². The van der Waals surface area contributed by atoms with E-state index in [-0.39, 0.29) is 11.9 Å². The molecule has 1 N–H and O–H groups in total. The van der Waals surface area contributed by atoms with E-state index in [1.807, 2.05) is 26.8 Å². The number of hydrogen-bond donors (Lipinski definition) is 1. The molecule has 0 saturated carbocycles. The predicted octanol–water partition coefficient (Wildman–Crippen LogP) is 1.97. The summed E-state index contributed by atoms with van der Waals surface area (Å²) >= 11 is 0. The molecule has 3 nitrogen and oxygen atoms in total. The molecule has 1 saturated heterocycles. The predicted molar refractivity (Wildman–Crippen MR) is 69.3 cm³/mol. The second kappa shape index (κ2) is 8.11. The van der Waals surface area contributed by atoms with Crippen molar-refractivity contribution in [1.29, 1.82) is 0 Å². The van der Waals surface area contributed by atoms with E-state index in [1.165, 1.54) is 0 Å². The van der Waals surface area contributed by atoms with Crippen LogP contribution in [0.2, 0.25) is 0 Å². The van der Waals surface area contributed by atoms with Gasteiger partial charge in [0, 0.05) is 18.2 Å². The normalized spacial score (nSPS) is 20.4. The summed E-state index contributed by atoms with van der Waals surface area (Å²) in [7, 11) is 2.06. The van der Waals surface area contributed by atoms with Crippen molar-refractivity contribution in [2.24, 2.45) is 0 Å². The maximum absolute atomic E-state index is 11.5. The zero-order valence-electron chi connectivity index (χ0n) is 10.9. The molecule has 1 fully saturated rings. The summed E-state index contributed by atoms with van der Waals surface area (Å²) < 4.78 is 0. The summed E-state index contributed by atoms with van der Waals surface area (Å²) in [6, 6.07) is 0.287. The van der Waals surface area contributed by atoms with Crippen LogP contribution in [0.25, 0.3) is 0 Å². The third kappa shape index (κ3) is 5.12. The van der Waals surface area contributed by atoms with Gasteiger partial charge in [-0.1, -0.05) is 32.6 Å². The van der Waals surface area contributed by atoms with Crippen molar-refractivity contribution >= 4 is 5.91 Å². The number of carbonyl (C=O) groups is 1. The van der Waals surface area contributed by atoms with E-state index in [9.17, 15) is 4.79 Å². The summed E-state index contributed by atoms with van der Waals surface area (Å²) in [4.78, 5) is 13.7. The van der Waals surface area contributed by atoms with Crippen LogP contribution in [0.4, 0.5) is 0 Å². The van der Waals surface area contributed by atoms with Crippen molar-refractivity contribution in [2.75, 3.05) is 20.1 Å². The van der Waals surface area contributed by atoms with Gasteiger partial charge in [-0.25, -0.2) is 0 Å². The second-order valence-electron chi connectivity index (χ2n) is 3.75. The molecule has 1 aliphatic heterocycles. The van der Waals surface area contributed by atoms with E-state index in [4.69, 9.17) is 0 Å². The minimum Gasteiger partial charge on any atom is -0.348 e. The Kier molecular flexibility index (Phi) is 7.56. The molecular formula is C13H24N2O. The first-order valence-electron chi connectivity index (χ1n) is 5.94. The van der Waals surface area contributed by atoms with Gasteiger partial charge in [-0.3, -0.25) is 4.79 Å². The molecule has 3 heteroatoms. The topological polar surface area (TPSA) is 32.3 Å². The molecule has 0 radical (unpaired) electrons. The Morgan fingerprint density at radius 3 is 2.56 bits per heavy atom. The summed E-state index contributed by atoms with van der Waals surface area (Å²) in [5.41, 5.74) is 0.530. The zero-order chi connectivity index (χ0) is 12.6. The van der Waals surface area contributed by atoms with Crippen molar-refractivity contribution in [3.8, 4) is 0 Å². The zero-order valence-corrected chi connectivity index (χ0v) is 10.9. The third-order valence-corrected chi connectivity index (χ3v) is 2.39. The van der Waals surface area contributed by atoms with E-state index in [0.717, 1.165) is 19.5 Å². The summed E-state index contributed by atoms with van der Waals surface area (Å²) in [5.74, 6) is -0.0524. The van der Waals surface area contributed by atoms with Crippen LogP contribution in [0.3, 0.4) is 0 Å². The average molecular weight is 224 g/mol. The minimum absolute atomic E-state index is 0.0524. The molecule has 1 unspecified atom stereocenters. The van der Waals surface area contributed by atoms with Crippen molar-refractivity contribution in [1.82, 2.24) is 10.2 Å². The molecule has 0 aromatic rings. The van der Waals surface area contributed by atoms with Gasteiger partial charge < -0.3 is 10.2 Å². The second-order valence-corrected chi connectivity index (χ2v) is 3.75. The van der Waals surface area contributed by atoms with E-state index >= 15 is 0 Å². The van der Waals surface area contributed by atoms with Gasteiger partial charge in [-0.2, -0.15) is 0 Å². The van der Waals surface area contributed by atoms with Crippen molar-refractivity contribution in [2.45, 2.75) is 33.2 Å². The Labute approximate surface area is 99.2 Å². The van der Waals surface area contributed by atoms with Crippen LogP contribution in [0.1, 0.15) is 27.2 Å². The largest absolute Gasteiger partial charge is 0.348 e. The lowest BCUT2D eigenvalue weighted by Gasteiger charge is -2.12. The van der Waals surface area contributed by atoms with Crippen LogP contribution in [-0.2, 0) is 4.79 Å². The van der Waals surface area contributed by atoms with Gasteiger partial charge in [0.1, 0.15) is 0 Å². The van der Waals surface area contributed by atoms with E-state index in [0.29, 0.717) is 5.57 Å². The van der Waals surface area contributed by atoms with E-state index < -0.39 is 0 Å². The van der Waals surface area contributed by atoms with Crippen molar-refractivity contribution in [3.63, 3.8) is 0 Å².